The third-order valence-corrected chi connectivity index (χ3v) is 4.55. The Bertz CT molecular complexity index is 805. The fourth-order valence-electron chi connectivity index (χ4n) is 3.09. The number of hydrogen-bond donors (Lipinski definition) is 0. The molecular formula is C19H24N4O4. The molecule has 0 radical (unpaired) electrons. The van der Waals surface area contributed by atoms with Crippen molar-refractivity contribution in [3.8, 4) is 0 Å². The molecule has 2 heterocycles. The average Bonchev–Trinajstić information content (AvgIpc) is 3.12. The van der Waals surface area contributed by atoms with Gasteiger partial charge in [0.25, 0.3) is 5.91 Å². The highest BCUT2D eigenvalue weighted by molar-refractivity contribution is 5.92. The topological polar surface area (TPSA) is 86.5 Å². The number of esters is 1. The molecule has 1 aliphatic rings. The van der Waals surface area contributed by atoms with Gasteiger partial charge in [0.1, 0.15) is 0 Å². The SMILES string of the molecule is CCOC(=O)C[C@H]1COCCN1C(=O)c1cn(Cc2ccccc2C)nn1. The van der Waals surface area contributed by atoms with Crippen LogP contribution in [0, 0.1) is 6.92 Å². The van der Waals surface area contributed by atoms with Crippen LogP contribution in [0.5, 0.6) is 0 Å². The zero-order valence-electron chi connectivity index (χ0n) is 15.6. The zero-order chi connectivity index (χ0) is 19.2. The molecule has 2 aromatic rings. The van der Waals surface area contributed by atoms with Gasteiger partial charge in [-0.2, -0.15) is 0 Å². The number of hydrogen-bond acceptors (Lipinski definition) is 6. The molecule has 1 aromatic carbocycles. The Balaban J connectivity index is 1.70. The second-order valence-electron chi connectivity index (χ2n) is 6.46. The molecule has 8 heteroatoms. The lowest BCUT2D eigenvalue weighted by atomic mass is 10.1. The number of benzene rings is 1. The molecule has 1 saturated heterocycles. The normalized spacial score (nSPS) is 17.0. The van der Waals surface area contributed by atoms with Crippen molar-refractivity contribution in [1.82, 2.24) is 19.9 Å². The van der Waals surface area contributed by atoms with Crippen molar-refractivity contribution < 1.29 is 19.1 Å². The largest absolute Gasteiger partial charge is 0.466 e. The standard InChI is InChI=1S/C19H24N4O4/c1-3-27-18(24)10-16-13-26-9-8-23(16)19(25)17-12-22(21-20-17)11-15-7-5-4-6-14(15)2/h4-7,12,16H,3,8-11,13H2,1-2H3/t16-/m0/s1. The molecule has 0 bridgehead atoms. The number of rotatable bonds is 6. The molecule has 27 heavy (non-hydrogen) atoms. The first-order valence-electron chi connectivity index (χ1n) is 9.07. The Labute approximate surface area is 158 Å². The van der Waals surface area contributed by atoms with Gasteiger partial charge in [-0.3, -0.25) is 9.59 Å². The van der Waals surface area contributed by atoms with Gasteiger partial charge in [0.2, 0.25) is 0 Å². The van der Waals surface area contributed by atoms with Gasteiger partial charge in [-0.25, -0.2) is 4.68 Å². The predicted molar refractivity (Wildman–Crippen MR) is 97.2 cm³/mol. The highest BCUT2D eigenvalue weighted by Crippen LogP contribution is 2.15. The maximum atomic E-state index is 12.9. The maximum absolute atomic E-state index is 12.9. The Hall–Kier alpha value is -2.74. The number of aromatic nitrogens is 3. The summed E-state index contributed by atoms with van der Waals surface area (Å²) in [6.07, 6.45) is 1.75. The molecule has 1 amide bonds. The molecule has 1 aliphatic heterocycles. The van der Waals surface area contributed by atoms with Gasteiger partial charge in [-0.05, 0) is 25.0 Å². The molecule has 3 rings (SSSR count). The first-order chi connectivity index (χ1) is 13.1. The van der Waals surface area contributed by atoms with Crippen molar-refractivity contribution in [2.45, 2.75) is 32.9 Å². The molecule has 0 N–H and O–H groups in total. The molecule has 0 unspecified atom stereocenters. The van der Waals surface area contributed by atoms with Crippen LogP contribution in [0.25, 0.3) is 0 Å². The van der Waals surface area contributed by atoms with Gasteiger partial charge < -0.3 is 14.4 Å². The lowest BCUT2D eigenvalue weighted by Crippen LogP contribution is -2.49. The Morgan fingerprint density at radius 3 is 2.93 bits per heavy atom. The van der Waals surface area contributed by atoms with E-state index < -0.39 is 0 Å². The monoisotopic (exact) mass is 372 g/mol. The van der Waals surface area contributed by atoms with E-state index in [9.17, 15) is 9.59 Å². The maximum Gasteiger partial charge on any atom is 0.307 e. The smallest absolute Gasteiger partial charge is 0.307 e. The summed E-state index contributed by atoms with van der Waals surface area (Å²) in [5.41, 5.74) is 2.54. The number of carbonyl (C=O) groups is 2. The van der Waals surface area contributed by atoms with E-state index in [0.717, 1.165) is 11.1 Å². The minimum atomic E-state index is -0.355. The van der Waals surface area contributed by atoms with Crippen LogP contribution in [0.2, 0.25) is 0 Å². The summed E-state index contributed by atoms with van der Waals surface area (Å²) in [6, 6.07) is 7.66. The van der Waals surface area contributed by atoms with Crippen LogP contribution in [-0.2, 0) is 20.8 Å². The van der Waals surface area contributed by atoms with E-state index in [1.807, 2.05) is 31.2 Å². The quantitative estimate of drug-likeness (QED) is 0.713. The summed E-state index contributed by atoms with van der Waals surface area (Å²) in [4.78, 5) is 26.3. The van der Waals surface area contributed by atoms with E-state index in [1.165, 1.54) is 0 Å². The first kappa shape index (κ1) is 19.0. The molecule has 144 valence electrons. The van der Waals surface area contributed by atoms with E-state index >= 15 is 0 Å². The Morgan fingerprint density at radius 2 is 2.15 bits per heavy atom. The molecule has 1 fully saturated rings. The van der Waals surface area contributed by atoms with Crippen LogP contribution in [-0.4, -0.2) is 64.2 Å². The van der Waals surface area contributed by atoms with Crippen LogP contribution < -0.4 is 0 Å². The molecule has 0 spiro atoms. The fourth-order valence-corrected chi connectivity index (χ4v) is 3.09. The van der Waals surface area contributed by atoms with Gasteiger partial charge in [0.15, 0.2) is 5.69 Å². The number of nitrogens with zero attached hydrogens (tertiary/aromatic N) is 4. The fraction of sp³-hybridized carbons (Fsp3) is 0.474. The van der Waals surface area contributed by atoms with Gasteiger partial charge in [-0.15, -0.1) is 5.10 Å². The van der Waals surface area contributed by atoms with Crippen LogP contribution in [0.15, 0.2) is 30.5 Å². The summed E-state index contributed by atoms with van der Waals surface area (Å²) in [6.45, 7) is 5.80. The second kappa shape index (κ2) is 8.77. The van der Waals surface area contributed by atoms with Crippen LogP contribution in [0.4, 0.5) is 0 Å². The van der Waals surface area contributed by atoms with Crippen molar-refractivity contribution in [2.75, 3.05) is 26.4 Å². The van der Waals surface area contributed by atoms with Gasteiger partial charge in [-0.1, -0.05) is 29.5 Å². The molecule has 1 aromatic heterocycles. The minimum absolute atomic E-state index is 0.108. The summed E-state index contributed by atoms with van der Waals surface area (Å²) in [7, 11) is 0. The minimum Gasteiger partial charge on any atom is -0.466 e. The summed E-state index contributed by atoms with van der Waals surface area (Å²) < 4.78 is 12.1. The molecule has 0 saturated carbocycles. The predicted octanol–water partition coefficient (Wildman–Crippen LogP) is 1.43. The third kappa shape index (κ3) is 4.71. The number of amides is 1. The van der Waals surface area contributed by atoms with Crippen molar-refractivity contribution >= 4 is 11.9 Å². The van der Waals surface area contributed by atoms with Crippen LogP contribution in [0.3, 0.4) is 0 Å². The van der Waals surface area contributed by atoms with Crippen molar-refractivity contribution in [3.63, 3.8) is 0 Å². The number of ether oxygens (including phenoxy) is 2. The van der Waals surface area contributed by atoms with Gasteiger partial charge in [0, 0.05) is 6.54 Å². The summed E-state index contributed by atoms with van der Waals surface area (Å²) >= 11 is 0. The molecule has 1 atom stereocenters. The van der Waals surface area contributed by atoms with Crippen molar-refractivity contribution in [1.29, 1.82) is 0 Å². The van der Waals surface area contributed by atoms with E-state index in [1.54, 1.807) is 22.7 Å². The Kier molecular flexibility index (Phi) is 6.18. The number of aryl methyl sites for hydroxylation is 1. The highest BCUT2D eigenvalue weighted by atomic mass is 16.5. The summed E-state index contributed by atoms with van der Waals surface area (Å²) in [5, 5.41) is 8.11. The van der Waals surface area contributed by atoms with E-state index in [-0.39, 0.29) is 30.0 Å². The van der Waals surface area contributed by atoms with E-state index in [0.29, 0.717) is 32.9 Å². The van der Waals surface area contributed by atoms with E-state index in [2.05, 4.69) is 10.3 Å². The molecule has 8 nitrogen and oxygen atoms in total. The van der Waals surface area contributed by atoms with Gasteiger partial charge >= 0.3 is 5.97 Å². The molecular weight excluding hydrogens is 348 g/mol. The average molecular weight is 372 g/mol. The van der Waals surface area contributed by atoms with Crippen molar-refractivity contribution in [2.24, 2.45) is 0 Å². The highest BCUT2D eigenvalue weighted by Gasteiger charge is 2.31. The lowest BCUT2D eigenvalue weighted by molar-refractivity contribution is -0.145. The number of carbonyl (C=O) groups excluding carboxylic acids is 2. The zero-order valence-corrected chi connectivity index (χ0v) is 15.6. The second-order valence-corrected chi connectivity index (χ2v) is 6.46. The molecule has 0 aliphatic carbocycles. The Morgan fingerprint density at radius 1 is 1.33 bits per heavy atom. The van der Waals surface area contributed by atoms with E-state index in [4.69, 9.17) is 9.47 Å². The van der Waals surface area contributed by atoms with Gasteiger partial charge in [0.05, 0.1) is 45.0 Å². The van der Waals surface area contributed by atoms with Crippen LogP contribution >= 0.6 is 0 Å². The summed E-state index contributed by atoms with van der Waals surface area (Å²) in [5.74, 6) is -0.586. The number of morpholine rings is 1. The van der Waals surface area contributed by atoms with Crippen LogP contribution in [0.1, 0.15) is 35.0 Å². The van der Waals surface area contributed by atoms with Crippen molar-refractivity contribution in [3.05, 3.63) is 47.3 Å². The first-order valence-corrected chi connectivity index (χ1v) is 9.07. The third-order valence-electron chi connectivity index (χ3n) is 4.55. The lowest BCUT2D eigenvalue weighted by Gasteiger charge is -2.34.